The minimum atomic E-state index is -0.0946. The number of hydrogen-bond donors (Lipinski definition) is 2. The van der Waals surface area contributed by atoms with Gasteiger partial charge in [0.15, 0.2) is 0 Å². The van der Waals surface area contributed by atoms with Crippen LogP contribution >= 0.6 is 0 Å². The van der Waals surface area contributed by atoms with Crippen LogP contribution in [0.5, 0.6) is 0 Å². The summed E-state index contributed by atoms with van der Waals surface area (Å²) in [6.07, 6.45) is 2.91. The lowest BCUT2D eigenvalue weighted by Gasteiger charge is -2.09. The molecule has 3 nitrogen and oxygen atoms in total. The van der Waals surface area contributed by atoms with Crippen molar-refractivity contribution in [1.82, 2.24) is 4.98 Å². The van der Waals surface area contributed by atoms with Crippen molar-refractivity contribution in [3.05, 3.63) is 90.1 Å². The average Bonchev–Trinajstić information content (AvgIpc) is 3.17. The van der Waals surface area contributed by atoms with Crippen LogP contribution in [0.3, 0.4) is 0 Å². The van der Waals surface area contributed by atoms with E-state index in [9.17, 15) is 4.79 Å². The highest BCUT2D eigenvalue weighted by Gasteiger charge is 2.08. The molecule has 0 spiro atoms. The number of aromatic amines is 1. The van der Waals surface area contributed by atoms with Gasteiger partial charge in [0, 0.05) is 23.0 Å². The molecule has 0 radical (unpaired) electrons. The number of carbonyl (C=O) groups is 1. The summed E-state index contributed by atoms with van der Waals surface area (Å²) in [6, 6.07) is 24.0. The molecule has 0 fully saturated rings. The molecule has 3 heteroatoms. The van der Waals surface area contributed by atoms with Crippen molar-refractivity contribution in [2.45, 2.75) is 13.3 Å². The highest BCUT2D eigenvalue weighted by molar-refractivity contribution is 6.04. The summed E-state index contributed by atoms with van der Waals surface area (Å²) in [5.74, 6) is -0.0946. The SMILES string of the molecule is CCc1ccc(C(=O)Nc2cccc(-c3cccc4cc[nH]c34)c2)cc1. The number of fused-ring (bicyclic) bond motifs is 1. The Morgan fingerprint density at radius 2 is 1.77 bits per heavy atom. The normalized spacial score (nSPS) is 10.8. The lowest BCUT2D eigenvalue weighted by Crippen LogP contribution is -2.11. The van der Waals surface area contributed by atoms with Gasteiger partial charge in [0.25, 0.3) is 5.91 Å². The van der Waals surface area contributed by atoms with Gasteiger partial charge in [0.05, 0.1) is 5.52 Å². The maximum atomic E-state index is 12.5. The maximum Gasteiger partial charge on any atom is 0.255 e. The van der Waals surface area contributed by atoms with E-state index >= 15 is 0 Å². The average molecular weight is 340 g/mol. The molecule has 1 heterocycles. The van der Waals surface area contributed by atoms with E-state index in [2.05, 4.69) is 41.5 Å². The standard InChI is InChI=1S/C23H20N2O/c1-2-16-9-11-18(12-10-16)23(26)25-20-7-3-6-19(15-20)21-8-4-5-17-13-14-24-22(17)21/h3-15,24H,2H2,1H3,(H,25,26). The number of hydrogen-bond acceptors (Lipinski definition) is 1. The molecule has 26 heavy (non-hydrogen) atoms. The first-order valence-electron chi connectivity index (χ1n) is 8.81. The van der Waals surface area contributed by atoms with E-state index in [1.165, 1.54) is 10.9 Å². The molecule has 0 aliphatic heterocycles. The lowest BCUT2D eigenvalue weighted by molar-refractivity contribution is 0.102. The summed E-state index contributed by atoms with van der Waals surface area (Å²) in [5, 5.41) is 4.17. The first kappa shape index (κ1) is 16.2. The first-order valence-corrected chi connectivity index (χ1v) is 8.81. The van der Waals surface area contributed by atoms with E-state index < -0.39 is 0 Å². The summed E-state index contributed by atoms with van der Waals surface area (Å²) in [7, 11) is 0. The Kier molecular flexibility index (Phi) is 4.28. The van der Waals surface area contributed by atoms with Crippen molar-refractivity contribution in [2.75, 3.05) is 5.32 Å². The number of aryl methyl sites for hydroxylation is 1. The minimum absolute atomic E-state index is 0.0946. The topological polar surface area (TPSA) is 44.9 Å². The monoisotopic (exact) mass is 340 g/mol. The zero-order valence-corrected chi connectivity index (χ0v) is 14.6. The van der Waals surface area contributed by atoms with Gasteiger partial charge in [-0.25, -0.2) is 0 Å². The Balaban J connectivity index is 1.61. The molecule has 0 saturated carbocycles. The van der Waals surface area contributed by atoms with E-state index in [1.807, 2.05) is 54.7 Å². The third kappa shape index (κ3) is 3.11. The number of rotatable bonds is 4. The molecule has 1 aromatic heterocycles. The molecule has 0 saturated heterocycles. The third-order valence-corrected chi connectivity index (χ3v) is 4.64. The van der Waals surface area contributed by atoms with Gasteiger partial charge in [0.2, 0.25) is 0 Å². The fourth-order valence-electron chi connectivity index (χ4n) is 3.19. The molecule has 2 N–H and O–H groups in total. The van der Waals surface area contributed by atoms with Crippen LogP contribution < -0.4 is 5.32 Å². The maximum absolute atomic E-state index is 12.5. The van der Waals surface area contributed by atoms with Crippen LogP contribution in [0.25, 0.3) is 22.0 Å². The molecule has 4 rings (SSSR count). The molecular weight excluding hydrogens is 320 g/mol. The fourth-order valence-corrected chi connectivity index (χ4v) is 3.19. The number of carbonyl (C=O) groups excluding carboxylic acids is 1. The van der Waals surface area contributed by atoms with Crippen LogP contribution in [0, 0.1) is 0 Å². The Hall–Kier alpha value is -3.33. The Morgan fingerprint density at radius 1 is 0.962 bits per heavy atom. The molecule has 0 aliphatic rings. The molecule has 0 unspecified atom stereocenters. The predicted molar refractivity (Wildman–Crippen MR) is 108 cm³/mol. The zero-order chi connectivity index (χ0) is 17.9. The number of anilines is 1. The number of nitrogens with one attached hydrogen (secondary N) is 2. The van der Waals surface area contributed by atoms with Gasteiger partial charge in [0.1, 0.15) is 0 Å². The zero-order valence-electron chi connectivity index (χ0n) is 14.6. The van der Waals surface area contributed by atoms with Crippen LogP contribution in [-0.2, 0) is 6.42 Å². The third-order valence-electron chi connectivity index (χ3n) is 4.64. The molecule has 4 aromatic rings. The summed E-state index contributed by atoms with van der Waals surface area (Å²) < 4.78 is 0. The van der Waals surface area contributed by atoms with Gasteiger partial charge in [-0.1, -0.05) is 49.4 Å². The number of H-pyrrole nitrogens is 1. The van der Waals surface area contributed by atoms with Gasteiger partial charge in [-0.2, -0.15) is 0 Å². The second-order valence-electron chi connectivity index (χ2n) is 6.33. The van der Waals surface area contributed by atoms with Gasteiger partial charge in [-0.3, -0.25) is 4.79 Å². The number of benzene rings is 3. The highest BCUT2D eigenvalue weighted by Crippen LogP contribution is 2.29. The van der Waals surface area contributed by atoms with Crippen molar-refractivity contribution in [3.63, 3.8) is 0 Å². The molecule has 128 valence electrons. The molecular formula is C23H20N2O. The van der Waals surface area contributed by atoms with Crippen molar-refractivity contribution >= 4 is 22.5 Å². The van der Waals surface area contributed by atoms with E-state index in [1.54, 1.807) is 0 Å². The summed E-state index contributed by atoms with van der Waals surface area (Å²) in [6.45, 7) is 2.10. The second-order valence-corrected chi connectivity index (χ2v) is 6.33. The van der Waals surface area contributed by atoms with E-state index in [-0.39, 0.29) is 5.91 Å². The molecule has 0 aliphatic carbocycles. The number of aromatic nitrogens is 1. The van der Waals surface area contributed by atoms with Gasteiger partial charge >= 0.3 is 0 Å². The quantitative estimate of drug-likeness (QED) is 0.495. The summed E-state index contributed by atoms with van der Waals surface area (Å²) in [5.41, 5.74) is 5.97. The minimum Gasteiger partial charge on any atom is -0.361 e. The lowest BCUT2D eigenvalue weighted by atomic mass is 10.0. The molecule has 3 aromatic carbocycles. The Morgan fingerprint density at radius 3 is 2.58 bits per heavy atom. The molecule has 0 atom stereocenters. The second kappa shape index (κ2) is 6.89. The van der Waals surface area contributed by atoms with Crippen molar-refractivity contribution in [3.8, 4) is 11.1 Å². The molecule has 0 bridgehead atoms. The molecule has 1 amide bonds. The van der Waals surface area contributed by atoms with Crippen LogP contribution in [-0.4, -0.2) is 10.9 Å². The van der Waals surface area contributed by atoms with Crippen LogP contribution in [0.15, 0.2) is 79.0 Å². The van der Waals surface area contributed by atoms with Crippen LogP contribution in [0.4, 0.5) is 5.69 Å². The summed E-state index contributed by atoms with van der Waals surface area (Å²) in [4.78, 5) is 15.8. The first-order chi connectivity index (χ1) is 12.7. The fraction of sp³-hybridized carbons (Fsp3) is 0.0870. The number of amides is 1. The van der Waals surface area contributed by atoms with Crippen LogP contribution in [0.2, 0.25) is 0 Å². The summed E-state index contributed by atoms with van der Waals surface area (Å²) >= 11 is 0. The smallest absolute Gasteiger partial charge is 0.255 e. The largest absolute Gasteiger partial charge is 0.361 e. The predicted octanol–water partition coefficient (Wildman–Crippen LogP) is 5.65. The van der Waals surface area contributed by atoms with Crippen molar-refractivity contribution in [1.29, 1.82) is 0 Å². The van der Waals surface area contributed by atoms with E-state index in [4.69, 9.17) is 0 Å². The van der Waals surface area contributed by atoms with Gasteiger partial charge in [-0.15, -0.1) is 0 Å². The van der Waals surface area contributed by atoms with Crippen molar-refractivity contribution < 1.29 is 4.79 Å². The van der Waals surface area contributed by atoms with E-state index in [0.29, 0.717) is 5.56 Å². The Bertz CT molecular complexity index is 1060. The van der Waals surface area contributed by atoms with Gasteiger partial charge < -0.3 is 10.3 Å². The van der Waals surface area contributed by atoms with Crippen LogP contribution in [0.1, 0.15) is 22.8 Å². The van der Waals surface area contributed by atoms with Gasteiger partial charge in [-0.05, 0) is 53.3 Å². The number of para-hydroxylation sites is 1. The Labute approximate surface area is 152 Å². The van der Waals surface area contributed by atoms with Crippen molar-refractivity contribution in [2.24, 2.45) is 0 Å². The highest BCUT2D eigenvalue weighted by atomic mass is 16.1. The van der Waals surface area contributed by atoms with E-state index in [0.717, 1.165) is 28.8 Å².